The maximum absolute atomic E-state index is 11.1. The topological polar surface area (TPSA) is 96.2 Å². The lowest BCUT2D eigenvalue weighted by Crippen LogP contribution is -2.20. The quantitative estimate of drug-likeness (QED) is 0.646. The minimum Gasteiger partial charge on any atom is -0.470 e. The lowest BCUT2D eigenvalue weighted by Gasteiger charge is -2.13. The summed E-state index contributed by atoms with van der Waals surface area (Å²) in [6, 6.07) is 0.133. The Balaban J connectivity index is 2.27. The molecule has 0 saturated heterocycles. The van der Waals surface area contributed by atoms with Gasteiger partial charge in [0.25, 0.3) is 5.88 Å². The van der Waals surface area contributed by atoms with Crippen molar-refractivity contribution in [2.75, 3.05) is 0 Å². The number of rotatable bonds is 4. The Morgan fingerprint density at radius 1 is 1.61 bits per heavy atom. The van der Waals surface area contributed by atoms with E-state index in [-0.39, 0.29) is 23.7 Å². The van der Waals surface area contributed by atoms with E-state index in [1.165, 1.54) is 4.68 Å². The second-order valence-corrected chi connectivity index (χ2v) is 4.63. The van der Waals surface area contributed by atoms with Crippen LogP contribution in [-0.4, -0.2) is 26.8 Å². The molecular formula is C11H18N4O3. The predicted octanol–water partition coefficient (Wildman–Crippen LogP) is 1.38. The molecule has 7 heteroatoms. The van der Waals surface area contributed by atoms with Gasteiger partial charge in [-0.05, 0) is 33.1 Å². The van der Waals surface area contributed by atoms with Crippen molar-refractivity contribution in [3.63, 3.8) is 0 Å². The van der Waals surface area contributed by atoms with E-state index in [9.17, 15) is 10.1 Å². The van der Waals surface area contributed by atoms with Crippen LogP contribution in [0.3, 0.4) is 0 Å². The summed E-state index contributed by atoms with van der Waals surface area (Å²) in [7, 11) is 0. The largest absolute Gasteiger partial charge is 0.470 e. The van der Waals surface area contributed by atoms with Crippen molar-refractivity contribution in [3.8, 4) is 5.88 Å². The number of nitro groups is 1. The number of aryl methyl sites for hydroxylation is 2. The maximum atomic E-state index is 11.1. The highest BCUT2D eigenvalue weighted by molar-refractivity contribution is 5.45. The molecule has 1 aliphatic rings. The number of aromatic nitrogens is 2. The summed E-state index contributed by atoms with van der Waals surface area (Å²) >= 11 is 0. The molecule has 1 aromatic heterocycles. The maximum Gasteiger partial charge on any atom is 0.353 e. The van der Waals surface area contributed by atoms with Crippen LogP contribution in [0.5, 0.6) is 5.88 Å². The van der Waals surface area contributed by atoms with Gasteiger partial charge in [-0.2, -0.15) is 5.10 Å². The molecule has 2 N–H and O–H groups in total. The summed E-state index contributed by atoms with van der Waals surface area (Å²) in [6.07, 6.45) is 2.44. The fraction of sp³-hybridized carbons (Fsp3) is 0.727. The summed E-state index contributed by atoms with van der Waals surface area (Å²) in [5.74, 6) is 0.263. The summed E-state index contributed by atoms with van der Waals surface area (Å²) in [4.78, 5) is 10.6. The summed E-state index contributed by atoms with van der Waals surface area (Å²) < 4.78 is 7.30. The summed E-state index contributed by atoms with van der Waals surface area (Å²) in [5, 5.41) is 15.2. The molecule has 0 aromatic carbocycles. The van der Waals surface area contributed by atoms with Gasteiger partial charge in [0.1, 0.15) is 11.8 Å². The molecule has 0 amide bonds. The van der Waals surface area contributed by atoms with Crippen LogP contribution in [0.2, 0.25) is 0 Å². The normalized spacial score (nSPS) is 23.3. The highest BCUT2D eigenvalue weighted by Gasteiger charge is 2.31. The minimum atomic E-state index is -0.432. The molecule has 1 fully saturated rings. The fourth-order valence-corrected chi connectivity index (χ4v) is 2.33. The van der Waals surface area contributed by atoms with Crippen LogP contribution < -0.4 is 10.5 Å². The lowest BCUT2D eigenvalue weighted by atomic mass is 10.3. The van der Waals surface area contributed by atoms with Crippen LogP contribution >= 0.6 is 0 Å². The van der Waals surface area contributed by atoms with Crippen molar-refractivity contribution in [1.29, 1.82) is 0 Å². The third kappa shape index (κ3) is 2.31. The molecule has 0 aliphatic heterocycles. The third-order valence-electron chi connectivity index (χ3n) is 3.24. The Hall–Kier alpha value is -1.63. The molecule has 7 nitrogen and oxygen atoms in total. The van der Waals surface area contributed by atoms with Crippen LogP contribution in [0.15, 0.2) is 0 Å². The molecule has 0 spiro atoms. The zero-order valence-corrected chi connectivity index (χ0v) is 10.6. The average Bonchev–Trinajstić information content (AvgIpc) is 2.83. The lowest BCUT2D eigenvalue weighted by molar-refractivity contribution is -0.386. The van der Waals surface area contributed by atoms with E-state index in [1.54, 1.807) is 6.92 Å². The van der Waals surface area contributed by atoms with Gasteiger partial charge in [0.05, 0.1) is 4.92 Å². The number of hydrogen-bond acceptors (Lipinski definition) is 5. The van der Waals surface area contributed by atoms with Crippen LogP contribution in [0, 0.1) is 17.0 Å². The molecule has 1 aliphatic carbocycles. The van der Waals surface area contributed by atoms with Crippen molar-refractivity contribution >= 4 is 5.69 Å². The van der Waals surface area contributed by atoms with Crippen molar-refractivity contribution in [3.05, 3.63) is 15.8 Å². The van der Waals surface area contributed by atoms with Crippen LogP contribution in [0.4, 0.5) is 5.69 Å². The molecule has 2 unspecified atom stereocenters. The summed E-state index contributed by atoms with van der Waals surface area (Å²) in [5.41, 5.74) is 6.17. The van der Waals surface area contributed by atoms with E-state index in [4.69, 9.17) is 10.5 Å². The molecule has 1 aromatic rings. The Labute approximate surface area is 105 Å². The minimum absolute atomic E-state index is 0.0303. The Bertz CT molecular complexity index is 457. The van der Waals surface area contributed by atoms with E-state index in [0.717, 1.165) is 19.3 Å². The number of nitrogens with two attached hydrogens (primary N) is 1. The van der Waals surface area contributed by atoms with E-state index >= 15 is 0 Å². The van der Waals surface area contributed by atoms with Crippen molar-refractivity contribution < 1.29 is 9.66 Å². The first kappa shape index (κ1) is 12.8. The van der Waals surface area contributed by atoms with E-state index in [1.807, 2.05) is 6.92 Å². The second-order valence-electron chi connectivity index (χ2n) is 4.63. The van der Waals surface area contributed by atoms with Gasteiger partial charge in [0, 0.05) is 12.6 Å². The first-order valence-electron chi connectivity index (χ1n) is 6.17. The molecule has 2 rings (SSSR count). The molecular weight excluding hydrogens is 236 g/mol. The first-order chi connectivity index (χ1) is 8.52. The Morgan fingerprint density at radius 2 is 2.33 bits per heavy atom. The number of ether oxygens (including phenoxy) is 1. The zero-order valence-electron chi connectivity index (χ0n) is 10.6. The van der Waals surface area contributed by atoms with E-state index in [2.05, 4.69) is 5.10 Å². The average molecular weight is 254 g/mol. The standard InChI is InChI=1S/C11H18N4O3/c1-3-14-11(10(15(16)17)7(2)13-14)18-9-5-4-8(12)6-9/h8-9H,3-6,12H2,1-2H3. The van der Waals surface area contributed by atoms with Crippen molar-refractivity contribution in [2.45, 2.75) is 51.8 Å². The van der Waals surface area contributed by atoms with Gasteiger partial charge in [0.2, 0.25) is 0 Å². The van der Waals surface area contributed by atoms with Crippen LogP contribution in [0.25, 0.3) is 0 Å². The Kier molecular flexibility index (Phi) is 3.51. The number of hydrogen-bond donors (Lipinski definition) is 1. The summed E-state index contributed by atoms with van der Waals surface area (Å²) in [6.45, 7) is 4.05. The molecule has 0 radical (unpaired) electrons. The van der Waals surface area contributed by atoms with E-state index < -0.39 is 4.92 Å². The molecule has 1 heterocycles. The SMILES string of the molecule is CCn1nc(C)c([N+](=O)[O-])c1OC1CCC(N)C1. The fourth-order valence-electron chi connectivity index (χ4n) is 2.33. The van der Waals surface area contributed by atoms with Crippen molar-refractivity contribution in [1.82, 2.24) is 9.78 Å². The van der Waals surface area contributed by atoms with Crippen molar-refractivity contribution in [2.24, 2.45) is 5.73 Å². The van der Waals surface area contributed by atoms with Gasteiger partial charge in [-0.1, -0.05) is 0 Å². The third-order valence-corrected chi connectivity index (χ3v) is 3.24. The predicted molar refractivity (Wildman–Crippen MR) is 65.5 cm³/mol. The highest BCUT2D eigenvalue weighted by atomic mass is 16.6. The zero-order chi connectivity index (χ0) is 13.3. The molecule has 100 valence electrons. The Morgan fingerprint density at radius 3 is 2.83 bits per heavy atom. The molecule has 1 saturated carbocycles. The van der Waals surface area contributed by atoms with Crippen LogP contribution in [0.1, 0.15) is 31.9 Å². The van der Waals surface area contributed by atoms with Gasteiger partial charge in [-0.15, -0.1) is 0 Å². The van der Waals surface area contributed by atoms with Gasteiger partial charge in [-0.25, -0.2) is 4.68 Å². The monoisotopic (exact) mass is 254 g/mol. The smallest absolute Gasteiger partial charge is 0.353 e. The van der Waals surface area contributed by atoms with Crippen LogP contribution in [-0.2, 0) is 6.54 Å². The second kappa shape index (κ2) is 4.93. The van der Waals surface area contributed by atoms with Gasteiger partial charge >= 0.3 is 5.69 Å². The first-order valence-corrected chi connectivity index (χ1v) is 6.17. The van der Waals surface area contributed by atoms with E-state index in [0.29, 0.717) is 12.2 Å². The molecule has 0 bridgehead atoms. The number of nitrogens with zero attached hydrogens (tertiary/aromatic N) is 3. The molecule has 2 atom stereocenters. The van der Waals surface area contributed by atoms with Gasteiger partial charge < -0.3 is 10.5 Å². The highest BCUT2D eigenvalue weighted by Crippen LogP contribution is 2.33. The van der Waals surface area contributed by atoms with Gasteiger partial charge in [0.15, 0.2) is 0 Å². The molecule has 18 heavy (non-hydrogen) atoms. The van der Waals surface area contributed by atoms with Gasteiger partial charge in [-0.3, -0.25) is 10.1 Å².